The number of carboxylic acids is 1. The van der Waals surface area contributed by atoms with E-state index in [1.165, 1.54) is 0 Å². The first kappa shape index (κ1) is 9.45. The molecule has 0 radical (unpaired) electrons. The molecule has 0 aromatic heterocycles. The number of hydrogen-bond acceptors (Lipinski definition) is 3. The minimum absolute atomic E-state index is 0.242. The summed E-state index contributed by atoms with van der Waals surface area (Å²) in [7, 11) is 0. The fraction of sp³-hybridized carbons (Fsp3) is 0.571. The standard InChI is InChI=1S/C7H8N2O2/c1-2-7(4-8,5-9)3-6(10)11/h2-3H2,1H3,(H,10,11). The Bertz CT molecular complexity index is 220. The molecule has 0 saturated heterocycles. The number of carbonyl (C=O) groups is 1. The topological polar surface area (TPSA) is 84.9 Å². The van der Waals surface area contributed by atoms with Gasteiger partial charge in [-0.05, 0) is 6.42 Å². The van der Waals surface area contributed by atoms with E-state index in [-0.39, 0.29) is 6.42 Å². The number of nitriles is 2. The lowest BCUT2D eigenvalue weighted by molar-refractivity contribution is -0.138. The summed E-state index contributed by atoms with van der Waals surface area (Å²) in [4.78, 5) is 10.2. The molecule has 0 aromatic rings. The van der Waals surface area contributed by atoms with Crippen LogP contribution in [0.5, 0.6) is 0 Å². The average Bonchev–Trinajstić information content (AvgIpc) is 2.00. The smallest absolute Gasteiger partial charge is 0.306 e. The summed E-state index contributed by atoms with van der Waals surface area (Å²) in [6.07, 6.45) is -0.164. The zero-order valence-corrected chi connectivity index (χ0v) is 6.16. The van der Waals surface area contributed by atoms with Gasteiger partial charge in [0.1, 0.15) is 0 Å². The number of carboxylic acid groups (broad SMARTS) is 1. The van der Waals surface area contributed by atoms with Crippen LogP contribution in [0.3, 0.4) is 0 Å². The first-order valence-electron chi connectivity index (χ1n) is 3.14. The molecule has 0 rings (SSSR count). The monoisotopic (exact) mass is 152 g/mol. The van der Waals surface area contributed by atoms with Crippen LogP contribution >= 0.6 is 0 Å². The Kier molecular flexibility index (Phi) is 3.07. The molecule has 0 heterocycles. The van der Waals surface area contributed by atoms with E-state index in [4.69, 9.17) is 15.6 Å². The Morgan fingerprint density at radius 3 is 2.09 bits per heavy atom. The largest absolute Gasteiger partial charge is 0.481 e. The summed E-state index contributed by atoms with van der Waals surface area (Å²) in [5.74, 6) is -1.12. The van der Waals surface area contributed by atoms with E-state index in [9.17, 15) is 4.79 Å². The van der Waals surface area contributed by atoms with Crippen molar-refractivity contribution in [2.75, 3.05) is 0 Å². The molecule has 0 bridgehead atoms. The van der Waals surface area contributed by atoms with E-state index in [0.29, 0.717) is 0 Å². The highest BCUT2D eigenvalue weighted by Crippen LogP contribution is 2.23. The van der Waals surface area contributed by atoms with Gasteiger partial charge in [0.05, 0.1) is 18.6 Å². The first-order chi connectivity index (χ1) is 5.10. The van der Waals surface area contributed by atoms with E-state index in [1.807, 2.05) is 0 Å². The van der Waals surface area contributed by atoms with Crippen molar-refractivity contribution in [3.8, 4) is 12.1 Å². The van der Waals surface area contributed by atoms with Crippen LogP contribution in [0.15, 0.2) is 0 Å². The van der Waals surface area contributed by atoms with Gasteiger partial charge in [0.15, 0.2) is 5.41 Å². The molecule has 58 valence electrons. The molecule has 0 aliphatic rings. The predicted molar refractivity (Wildman–Crippen MR) is 36.2 cm³/mol. The Balaban J connectivity index is 4.49. The van der Waals surface area contributed by atoms with Gasteiger partial charge < -0.3 is 5.11 Å². The van der Waals surface area contributed by atoms with Crippen molar-refractivity contribution in [3.63, 3.8) is 0 Å². The second-order valence-corrected chi connectivity index (χ2v) is 2.23. The quantitative estimate of drug-likeness (QED) is 0.651. The number of rotatable bonds is 3. The molecule has 0 spiro atoms. The minimum Gasteiger partial charge on any atom is -0.481 e. The summed E-state index contributed by atoms with van der Waals surface area (Å²) in [6.45, 7) is 1.62. The highest BCUT2D eigenvalue weighted by Gasteiger charge is 2.30. The van der Waals surface area contributed by atoms with E-state index in [2.05, 4.69) is 0 Å². The molecular weight excluding hydrogens is 144 g/mol. The van der Waals surface area contributed by atoms with Gasteiger partial charge in [0.25, 0.3) is 0 Å². The zero-order valence-electron chi connectivity index (χ0n) is 6.16. The molecule has 0 fully saturated rings. The molecular formula is C7H8N2O2. The normalized spacial score (nSPS) is 9.73. The maximum atomic E-state index is 10.2. The van der Waals surface area contributed by atoms with E-state index < -0.39 is 17.8 Å². The van der Waals surface area contributed by atoms with Crippen molar-refractivity contribution in [2.45, 2.75) is 19.8 Å². The third-order valence-corrected chi connectivity index (χ3v) is 1.48. The summed E-state index contributed by atoms with van der Waals surface area (Å²) in [5.41, 5.74) is -1.34. The maximum Gasteiger partial charge on any atom is 0.306 e. The van der Waals surface area contributed by atoms with Crippen molar-refractivity contribution in [2.24, 2.45) is 5.41 Å². The second-order valence-electron chi connectivity index (χ2n) is 2.23. The van der Waals surface area contributed by atoms with Crippen LogP contribution < -0.4 is 0 Å². The van der Waals surface area contributed by atoms with Crippen molar-refractivity contribution >= 4 is 5.97 Å². The summed E-state index contributed by atoms with van der Waals surface area (Å²) in [5, 5.41) is 25.3. The molecule has 0 atom stereocenters. The van der Waals surface area contributed by atoms with Gasteiger partial charge in [-0.3, -0.25) is 4.79 Å². The maximum absolute atomic E-state index is 10.2. The van der Waals surface area contributed by atoms with Crippen LogP contribution in [0.25, 0.3) is 0 Å². The number of hydrogen-bond donors (Lipinski definition) is 1. The second kappa shape index (κ2) is 3.58. The number of nitrogens with zero attached hydrogens (tertiary/aromatic N) is 2. The van der Waals surface area contributed by atoms with Gasteiger partial charge in [0.2, 0.25) is 0 Å². The lowest BCUT2D eigenvalue weighted by Gasteiger charge is -2.11. The van der Waals surface area contributed by atoms with E-state index >= 15 is 0 Å². The predicted octanol–water partition coefficient (Wildman–Crippen LogP) is 0.905. The Labute approximate surface area is 64.7 Å². The fourth-order valence-corrected chi connectivity index (χ4v) is 0.645. The van der Waals surface area contributed by atoms with Gasteiger partial charge in [-0.25, -0.2) is 0 Å². The van der Waals surface area contributed by atoms with Crippen LogP contribution in [0, 0.1) is 28.1 Å². The van der Waals surface area contributed by atoms with Crippen molar-refractivity contribution in [1.82, 2.24) is 0 Å². The SMILES string of the molecule is CCC(C#N)(C#N)CC(=O)O. The van der Waals surface area contributed by atoms with Crippen LogP contribution in [0.4, 0.5) is 0 Å². The van der Waals surface area contributed by atoms with Crippen LogP contribution in [-0.4, -0.2) is 11.1 Å². The molecule has 0 saturated carbocycles. The average molecular weight is 152 g/mol. The van der Waals surface area contributed by atoms with Crippen molar-refractivity contribution in [1.29, 1.82) is 10.5 Å². The van der Waals surface area contributed by atoms with Crippen molar-refractivity contribution in [3.05, 3.63) is 0 Å². The molecule has 0 aliphatic carbocycles. The van der Waals surface area contributed by atoms with Crippen LogP contribution in [-0.2, 0) is 4.79 Å². The summed E-state index contributed by atoms with van der Waals surface area (Å²) >= 11 is 0. The third-order valence-electron chi connectivity index (χ3n) is 1.48. The van der Waals surface area contributed by atoms with Crippen molar-refractivity contribution < 1.29 is 9.90 Å². The molecule has 4 heteroatoms. The Morgan fingerprint density at radius 2 is 2.00 bits per heavy atom. The van der Waals surface area contributed by atoms with Crippen LogP contribution in [0.1, 0.15) is 19.8 Å². The van der Waals surface area contributed by atoms with Gasteiger partial charge in [0, 0.05) is 0 Å². The van der Waals surface area contributed by atoms with Gasteiger partial charge >= 0.3 is 5.97 Å². The summed E-state index contributed by atoms with van der Waals surface area (Å²) in [6, 6.07) is 3.41. The van der Waals surface area contributed by atoms with Gasteiger partial charge in [-0.2, -0.15) is 10.5 Å². The first-order valence-corrected chi connectivity index (χ1v) is 3.14. The molecule has 0 aliphatic heterocycles. The molecule has 4 nitrogen and oxygen atoms in total. The van der Waals surface area contributed by atoms with Crippen LogP contribution in [0.2, 0.25) is 0 Å². The van der Waals surface area contributed by atoms with E-state index in [0.717, 1.165) is 0 Å². The van der Waals surface area contributed by atoms with E-state index in [1.54, 1.807) is 19.1 Å². The Hall–Kier alpha value is -1.55. The summed E-state index contributed by atoms with van der Waals surface area (Å²) < 4.78 is 0. The fourth-order valence-electron chi connectivity index (χ4n) is 0.645. The molecule has 0 unspecified atom stereocenters. The lowest BCUT2D eigenvalue weighted by atomic mass is 9.85. The lowest BCUT2D eigenvalue weighted by Crippen LogP contribution is -2.19. The zero-order chi connectivity index (χ0) is 8.91. The highest BCUT2D eigenvalue weighted by atomic mass is 16.4. The number of aliphatic carboxylic acids is 1. The highest BCUT2D eigenvalue weighted by molar-refractivity contribution is 5.69. The molecule has 0 aromatic carbocycles. The third kappa shape index (κ3) is 2.27. The van der Waals surface area contributed by atoms with Gasteiger partial charge in [-0.1, -0.05) is 6.92 Å². The molecule has 0 amide bonds. The molecule has 1 N–H and O–H groups in total. The Morgan fingerprint density at radius 1 is 1.55 bits per heavy atom. The van der Waals surface area contributed by atoms with Gasteiger partial charge in [-0.15, -0.1) is 0 Å². The molecule has 11 heavy (non-hydrogen) atoms. The minimum atomic E-state index is -1.34.